The average molecular weight is 295 g/mol. The zero-order chi connectivity index (χ0) is 14.6. The lowest BCUT2D eigenvalue weighted by molar-refractivity contribution is 0.212. The molecule has 2 heterocycles. The van der Waals surface area contributed by atoms with Crippen LogP contribution in [-0.4, -0.2) is 32.2 Å². The van der Waals surface area contributed by atoms with Crippen molar-refractivity contribution in [1.29, 1.82) is 0 Å². The maximum atomic E-state index is 9.66. The fourth-order valence-corrected chi connectivity index (χ4v) is 2.24. The van der Waals surface area contributed by atoms with Crippen LogP contribution in [0.5, 0.6) is 0 Å². The Bertz CT molecular complexity index is 592. The van der Waals surface area contributed by atoms with E-state index in [-0.39, 0.29) is 11.9 Å². The summed E-state index contributed by atoms with van der Waals surface area (Å²) in [4.78, 5) is 12.6. The molecular weight excluding hydrogens is 276 g/mol. The minimum atomic E-state index is -0.446. The number of hydrogen-bond donors (Lipinski definition) is 2. The lowest BCUT2D eigenvalue weighted by Gasteiger charge is -2.29. The van der Waals surface area contributed by atoms with Gasteiger partial charge in [0.25, 0.3) is 0 Å². The van der Waals surface area contributed by atoms with Crippen molar-refractivity contribution in [2.45, 2.75) is 38.6 Å². The van der Waals surface area contributed by atoms with E-state index in [9.17, 15) is 5.11 Å². The van der Waals surface area contributed by atoms with Crippen LogP contribution in [-0.2, 0) is 0 Å². The zero-order valence-corrected chi connectivity index (χ0v) is 12.5. The second-order valence-corrected chi connectivity index (χ2v) is 5.50. The van der Waals surface area contributed by atoms with E-state index in [1.54, 1.807) is 12.3 Å². The van der Waals surface area contributed by atoms with Crippen molar-refractivity contribution < 1.29 is 5.11 Å². The Balaban J connectivity index is 2.36. The summed E-state index contributed by atoms with van der Waals surface area (Å²) in [5.74, 6) is 0.563. The summed E-state index contributed by atoms with van der Waals surface area (Å²) in [6.45, 7) is 4.10. The molecule has 0 fully saturated rings. The van der Waals surface area contributed by atoms with E-state index in [1.165, 1.54) is 0 Å². The lowest BCUT2D eigenvalue weighted by Crippen LogP contribution is -2.39. The van der Waals surface area contributed by atoms with E-state index in [2.05, 4.69) is 27.2 Å². The minimum Gasteiger partial charge on any atom is -0.394 e. The predicted octanol–water partition coefficient (Wildman–Crippen LogP) is 3.03. The predicted molar refractivity (Wildman–Crippen MR) is 81.0 cm³/mol. The SMILES string of the molecule is CCCCC(C)(CO)Nc1nc(Cl)nc2cccnc12. The van der Waals surface area contributed by atoms with Crippen LogP contribution >= 0.6 is 11.6 Å². The Morgan fingerprint density at radius 2 is 2.20 bits per heavy atom. The first-order chi connectivity index (χ1) is 9.58. The summed E-state index contributed by atoms with van der Waals surface area (Å²) in [7, 11) is 0. The summed E-state index contributed by atoms with van der Waals surface area (Å²) >= 11 is 5.95. The molecule has 5 nitrogen and oxygen atoms in total. The molecule has 1 unspecified atom stereocenters. The van der Waals surface area contributed by atoms with Gasteiger partial charge in [0.2, 0.25) is 5.28 Å². The number of pyridine rings is 1. The number of aliphatic hydroxyl groups is 1. The van der Waals surface area contributed by atoms with Gasteiger partial charge in [0.1, 0.15) is 5.52 Å². The summed E-state index contributed by atoms with van der Waals surface area (Å²) in [6.07, 6.45) is 4.62. The third kappa shape index (κ3) is 3.35. The van der Waals surface area contributed by atoms with Gasteiger partial charge >= 0.3 is 0 Å². The average Bonchev–Trinajstić information content (AvgIpc) is 2.45. The first-order valence-corrected chi connectivity index (χ1v) is 7.13. The van der Waals surface area contributed by atoms with Gasteiger partial charge in [0.05, 0.1) is 17.7 Å². The summed E-state index contributed by atoms with van der Waals surface area (Å²) < 4.78 is 0. The molecule has 6 heteroatoms. The van der Waals surface area contributed by atoms with Crippen molar-refractivity contribution in [3.63, 3.8) is 0 Å². The van der Waals surface area contributed by atoms with Crippen LogP contribution in [0.2, 0.25) is 5.28 Å². The molecule has 0 amide bonds. The first-order valence-electron chi connectivity index (χ1n) is 6.75. The maximum absolute atomic E-state index is 9.66. The number of halogens is 1. The Labute approximate surface area is 123 Å². The van der Waals surface area contributed by atoms with Crippen LogP contribution in [0.4, 0.5) is 5.82 Å². The molecule has 0 bridgehead atoms. The molecular formula is C14H19ClN4O. The number of nitrogens with one attached hydrogen (secondary N) is 1. The van der Waals surface area contributed by atoms with Gasteiger partial charge in [-0.3, -0.25) is 4.98 Å². The Morgan fingerprint density at radius 1 is 1.40 bits per heavy atom. The molecule has 20 heavy (non-hydrogen) atoms. The molecule has 1 atom stereocenters. The molecule has 0 saturated heterocycles. The number of aromatic nitrogens is 3. The van der Waals surface area contributed by atoms with Crippen LogP contribution in [0.25, 0.3) is 11.0 Å². The van der Waals surface area contributed by atoms with Crippen molar-refractivity contribution in [2.75, 3.05) is 11.9 Å². The van der Waals surface area contributed by atoms with Gasteiger partial charge in [-0.1, -0.05) is 19.8 Å². The van der Waals surface area contributed by atoms with Crippen LogP contribution < -0.4 is 5.32 Å². The third-order valence-corrected chi connectivity index (χ3v) is 3.45. The highest BCUT2D eigenvalue weighted by Crippen LogP contribution is 2.25. The van der Waals surface area contributed by atoms with Crippen molar-refractivity contribution >= 4 is 28.5 Å². The summed E-state index contributed by atoms with van der Waals surface area (Å²) in [5.41, 5.74) is 0.900. The fourth-order valence-electron chi connectivity index (χ4n) is 2.06. The van der Waals surface area contributed by atoms with Crippen molar-refractivity contribution in [2.24, 2.45) is 0 Å². The van der Waals surface area contributed by atoms with Crippen LogP contribution in [0.15, 0.2) is 18.3 Å². The largest absolute Gasteiger partial charge is 0.394 e. The third-order valence-electron chi connectivity index (χ3n) is 3.28. The van der Waals surface area contributed by atoms with Gasteiger partial charge < -0.3 is 10.4 Å². The van der Waals surface area contributed by atoms with E-state index < -0.39 is 5.54 Å². The Morgan fingerprint density at radius 3 is 2.90 bits per heavy atom. The Kier molecular flexibility index (Phi) is 4.73. The van der Waals surface area contributed by atoms with Crippen molar-refractivity contribution in [1.82, 2.24) is 15.0 Å². The van der Waals surface area contributed by atoms with E-state index in [0.717, 1.165) is 19.3 Å². The molecule has 0 aliphatic rings. The number of fused-ring (bicyclic) bond motifs is 1. The second kappa shape index (κ2) is 6.33. The van der Waals surface area contributed by atoms with Gasteiger partial charge in [-0.2, -0.15) is 4.98 Å². The quantitative estimate of drug-likeness (QED) is 0.801. The van der Waals surface area contributed by atoms with Crippen molar-refractivity contribution in [3.8, 4) is 0 Å². The highest BCUT2D eigenvalue weighted by atomic mass is 35.5. The number of nitrogens with zero attached hydrogens (tertiary/aromatic N) is 3. The molecule has 108 valence electrons. The number of aliphatic hydroxyl groups excluding tert-OH is 1. The van der Waals surface area contributed by atoms with Crippen LogP contribution in [0.3, 0.4) is 0 Å². The van der Waals surface area contributed by atoms with Crippen LogP contribution in [0.1, 0.15) is 33.1 Å². The number of anilines is 1. The number of hydrogen-bond acceptors (Lipinski definition) is 5. The van der Waals surface area contributed by atoms with E-state index in [4.69, 9.17) is 11.6 Å². The molecule has 0 aromatic carbocycles. The Hall–Kier alpha value is -1.46. The molecule has 0 aliphatic carbocycles. The zero-order valence-electron chi connectivity index (χ0n) is 11.7. The number of rotatable bonds is 6. The normalized spacial score (nSPS) is 14.2. The smallest absolute Gasteiger partial charge is 0.225 e. The second-order valence-electron chi connectivity index (χ2n) is 5.16. The summed E-state index contributed by atoms with van der Waals surface area (Å²) in [5, 5.41) is 13.1. The van der Waals surface area contributed by atoms with E-state index in [0.29, 0.717) is 16.9 Å². The van der Waals surface area contributed by atoms with Gasteiger partial charge in [-0.05, 0) is 37.1 Å². The lowest BCUT2D eigenvalue weighted by atomic mass is 9.96. The van der Waals surface area contributed by atoms with Crippen LogP contribution in [0, 0.1) is 0 Å². The number of unbranched alkanes of at least 4 members (excludes halogenated alkanes) is 1. The molecule has 2 rings (SSSR count). The monoisotopic (exact) mass is 294 g/mol. The van der Waals surface area contributed by atoms with Gasteiger partial charge in [0.15, 0.2) is 5.82 Å². The standard InChI is InChI=1S/C14H19ClN4O/c1-3-4-7-14(2,9-20)19-12-11-10(6-5-8-16-11)17-13(15)18-12/h5-6,8,20H,3-4,7,9H2,1-2H3,(H,17,18,19). The molecule has 0 radical (unpaired) electrons. The fraction of sp³-hybridized carbons (Fsp3) is 0.500. The minimum absolute atomic E-state index is 0.0168. The maximum Gasteiger partial charge on any atom is 0.225 e. The van der Waals surface area contributed by atoms with Gasteiger partial charge in [-0.25, -0.2) is 4.98 Å². The molecule has 0 spiro atoms. The molecule has 0 aliphatic heterocycles. The van der Waals surface area contributed by atoms with E-state index >= 15 is 0 Å². The highest BCUT2D eigenvalue weighted by Gasteiger charge is 2.24. The molecule has 2 N–H and O–H groups in total. The van der Waals surface area contributed by atoms with Gasteiger partial charge in [0, 0.05) is 6.20 Å². The molecule has 2 aromatic heterocycles. The topological polar surface area (TPSA) is 70.9 Å². The molecule has 2 aromatic rings. The highest BCUT2D eigenvalue weighted by molar-refractivity contribution is 6.28. The van der Waals surface area contributed by atoms with Crippen molar-refractivity contribution in [3.05, 3.63) is 23.6 Å². The first kappa shape index (κ1) is 14.9. The summed E-state index contributed by atoms with van der Waals surface area (Å²) in [6, 6.07) is 3.64. The van der Waals surface area contributed by atoms with Gasteiger partial charge in [-0.15, -0.1) is 0 Å². The van der Waals surface area contributed by atoms with E-state index in [1.807, 2.05) is 13.0 Å². The molecule has 0 saturated carbocycles.